The number of nitrogens with zero attached hydrogens (tertiary/aromatic N) is 3. The van der Waals surface area contributed by atoms with Gasteiger partial charge in [-0.15, -0.1) is 0 Å². The number of carbonyl (C=O) groups is 1. The van der Waals surface area contributed by atoms with E-state index in [0.29, 0.717) is 23.1 Å². The Morgan fingerprint density at radius 3 is 2.37 bits per heavy atom. The van der Waals surface area contributed by atoms with E-state index in [9.17, 15) is 13.2 Å². The van der Waals surface area contributed by atoms with Gasteiger partial charge in [-0.25, -0.2) is 13.1 Å². The first-order chi connectivity index (χ1) is 14.4. The number of nitriles is 1. The normalized spacial score (nSPS) is 15.0. The van der Waals surface area contributed by atoms with Crippen molar-refractivity contribution >= 4 is 31.9 Å². The second-order valence-corrected chi connectivity index (χ2v) is 9.63. The van der Waals surface area contributed by atoms with Gasteiger partial charge >= 0.3 is 0 Å². The molecule has 0 saturated carbocycles. The summed E-state index contributed by atoms with van der Waals surface area (Å²) in [6.45, 7) is 3.59. The molecule has 0 aromatic heterocycles. The summed E-state index contributed by atoms with van der Waals surface area (Å²) < 4.78 is 27.7. The molecular formula is C21H23BrN4O3S. The third kappa shape index (κ3) is 5.89. The van der Waals surface area contributed by atoms with E-state index >= 15 is 0 Å². The van der Waals surface area contributed by atoms with Gasteiger partial charge in [0.2, 0.25) is 15.9 Å². The highest BCUT2D eigenvalue weighted by molar-refractivity contribution is 9.10. The molecule has 0 radical (unpaired) electrons. The zero-order valence-corrected chi connectivity index (χ0v) is 18.8. The summed E-state index contributed by atoms with van der Waals surface area (Å²) in [4.78, 5) is 16.7. The van der Waals surface area contributed by atoms with Crippen molar-refractivity contribution in [1.29, 1.82) is 5.26 Å². The Balaban J connectivity index is 1.43. The van der Waals surface area contributed by atoms with E-state index in [1.165, 1.54) is 6.07 Å². The molecule has 9 heteroatoms. The summed E-state index contributed by atoms with van der Waals surface area (Å²) in [5.74, 6) is -0.0529. The molecule has 1 fully saturated rings. The largest absolute Gasteiger partial charge is 0.340 e. The predicted molar refractivity (Wildman–Crippen MR) is 117 cm³/mol. The van der Waals surface area contributed by atoms with Crippen molar-refractivity contribution in [3.63, 3.8) is 0 Å². The lowest BCUT2D eigenvalue weighted by molar-refractivity contribution is -0.132. The highest BCUT2D eigenvalue weighted by Gasteiger charge is 2.22. The highest BCUT2D eigenvalue weighted by atomic mass is 79.9. The molecule has 2 aromatic rings. The Morgan fingerprint density at radius 2 is 1.73 bits per heavy atom. The van der Waals surface area contributed by atoms with E-state index in [4.69, 9.17) is 5.26 Å². The van der Waals surface area contributed by atoms with Gasteiger partial charge < -0.3 is 4.90 Å². The van der Waals surface area contributed by atoms with Gasteiger partial charge in [0.25, 0.3) is 0 Å². The summed E-state index contributed by atoms with van der Waals surface area (Å²) in [6, 6.07) is 16.2. The molecule has 0 aliphatic carbocycles. The lowest BCUT2D eigenvalue weighted by Gasteiger charge is -2.34. The molecule has 1 aliphatic rings. The summed E-state index contributed by atoms with van der Waals surface area (Å²) in [6.07, 6.45) is 0.124. The molecule has 1 aliphatic heterocycles. The topological polar surface area (TPSA) is 93.5 Å². The highest BCUT2D eigenvalue weighted by Crippen LogP contribution is 2.20. The third-order valence-electron chi connectivity index (χ3n) is 4.97. The van der Waals surface area contributed by atoms with Crippen molar-refractivity contribution in [2.24, 2.45) is 0 Å². The molecule has 1 amide bonds. The van der Waals surface area contributed by atoms with Crippen LogP contribution in [0.3, 0.4) is 0 Å². The Kier molecular flexibility index (Phi) is 7.61. The van der Waals surface area contributed by atoms with Crippen molar-refractivity contribution in [2.75, 3.05) is 32.7 Å². The van der Waals surface area contributed by atoms with Gasteiger partial charge in [0.1, 0.15) is 0 Å². The van der Waals surface area contributed by atoms with Crippen LogP contribution in [0.15, 0.2) is 57.9 Å². The number of amides is 1. The van der Waals surface area contributed by atoms with Crippen LogP contribution in [0.1, 0.15) is 17.5 Å². The van der Waals surface area contributed by atoms with Crippen LogP contribution in [0.5, 0.6) is 0 Å². The number of rotatable bonds is 7. The molecule has 30 heavy (non-hydrogen) atoms. The second kappa shape index (κ2) is 10.2. The van der Waals surface area contributed by atoms with Crippen molar-refractivity contribution in [3.05, 3.63) is 64.1 Å². The molecule has 158 valence electrons. The zero-order chi connectivity index (χ0) is 21.6. The number of nitrogens with one attached hydrogen (secondary N) is 1. The van der Waals surface area contributed by atoms with E-state index in [-0.39, 0.29) is 23.8 Å². The average Bonchev–Trinajstić information content (AvgIpc) is 2.75. The number of halogens is 1. The minimum absolute atomic E-state index is 0.0529. The molecule has 1 heterocycles. The number of benzene rings is 2. The van der Waals surface area contributed by atoms with Crippen LogP contribution >= 0.6 is 15.9 Å². The molecular weight excluding hydrogens is 468 g/mol. The maximum Gasteiger partial charge on any atom is 0.241 e. The summed E-state index contributed by atoms with van der Waals surface area (Å²) in [5, 5.41) is 8.87. The van der Waals surface area contributed by atoms with Crippen molar-refractivity contribution < 1.29 is 13.2 Å². The molecule has 0 spiro atoms. The van der Waals surface area contributed by atoms with Crippen LogP contribution in [0.4, 0.5) is 0 Å². The Labute approximate surface area is 185 Å². The lowest BCUT2D eigenvalue weighted by atomic mass is 10.1. The maximum atomic E-state index is 12.5. The SMILES string of the molecule is N#Cc1ccc(CN2CCN(C(=O)CCNS(=O)(=O)c3ccccc3Br)CC2)cc1. The first-order valence-corrected chi connectivity index (χ1v) is 11.9. The van der Waals surface area contributed by atoms with Gasteiger partial charge in [-0.3, -0.25) is 9.69 Å². The number of sulfonamides is 1. The Bertz CT molecular complexity index is 1030. The number of hydrogen-bond donors (Lipinski definition) is 1. The fourth-order valence-corrected chi connectivity index (χ4v) is 5.32. The van der Waals surface area contributed by atoms with Crippen LogP contribution in [-0.2, 0) is 21.4 Å². The summed E-state index contributed by atoms with van der Waals surface area (Å²) >= 11 is 3.24. The maximum absolute atomic E-state index is 12.5. The summed E-state index contributed by atoms with van der Waals surface area (Å²) in [5.41, 5.74) is 1.78. The zero-order valence-electron chi connectivity index (χ0n) is 16.4. The summed E-state index contributed by atoms with van der Waals surface area (Å²) in [7, 11) is -3.66. The van der Waals surface area contributed by atoms with Crippen LogP contribution in [0, 0.1) is 11.3 Å². The van der Waals surface area contributed by atoms with Crippen LogP contribution in [-0.4, -0.2) is 56.8 Å². The molecule has 7 nitrogen and oxygen atoms in total. The fourth-order valence-electron chi connectivity index (χ4n) is 3.29. The first kappa shape index (κ1) is 22.4. The second-order valence-electron chi connectivity index (χ2n) is 7.04. The van der Waals surface area contributed by atoms with Crippen molar-refractivity contribution in [3.8, 4) is 6.07 Å². The average molecular weight is 491 g/mol. The monoisotopic (exact) mass is 490 g/mol. The molecule has 1 saturated heterocycles. The smallest absolute Gasteiger partial charge is 0.241 e. The van der Waals surface area contributed by atoms with Crippen LogP contribution in [0.25, 0.3) is 0 Å². The van der Waals surface area contributed by atoms with Crippen molar-refractivity contribution in [2.45, 2.75) is 17.9 Å². The number of hydrogen-bond acceptors (Lipinski definition) is 5. The van der Waals surface area contributed by atoms with Gasteiger partial charge in [0, 0.05) is 50.2 Å². The third-order valence-corrected chi connectivity index (χ3v) is 7.44. The number of piperazine rings is 1. The predicted octanol–water partition coefficient (Wildman–Crippen LogP) is 2.33. The van der Waals surface area contributed by atoms with E-state index in [2.05, 4.69) is 31.6 Å². The van der Waals surface area contributed by atoms with E-state index in [0.717, 1.165) is 25.2 Å². The molecule has 2 aromatic carbocycles. The lowest BCUT2D eigenvalue weighted by Crippen LogP contribution is -2.48. The standard InChI is InChI=1S/C21H23BrN4O3S/c22-19-3-1-2-4-20(19)30(28,29)24-10-9-21(27)26-13-11-25(12-14-26)16-18-7-5-17(15-23)6-8-18/h1-8,24H,9-14,16H2. The van der Waals surface area contributed by atoms with E-state index in [1.807, 2.05) is 24.3 Å². The van der Waals surface area contributed by atoms with E-state index in [1.54, 1.807) is 23.1 Å². The van der Waals surface area contributed by atoms with Gasteiger partial charge in [-0.2, -0.15) is 5.26 Å². The van der Waals surface area contributed by atoms with Crippen LogP contribution in [0.2, 0.25) is 0 Å². The van der Waals surface area contributed by atoms with Gasteiger partial charge in [0.15, 0.2) is 0 Å². The fraction of sp³-hybridized carbons (Fsp3) is 0.333. The van der Waals surface area contributed by atoms with Gasteiger partial charge in [0.05, 0.1) is 16.5 Å². The van der Waals surface area contributed by atoms with E-state index < -0.39 is 10.0 Å². The minimum atomic E-state index is -3.66. The molecule has 0 bridgehead atoms. The Morgan fingerprint density at radius 1 is 1.07 bits per heavy atom. The molecule has 1 N–H and O–H groups in total. The Hall–Kier alpha value is -2.25. The van der Waals surface area contributed by atoms with Crippen molar-refractivity contribution in [1.82, 2.24) is 14.5 Å². The van der Waals surface area contributed by atoms with Gasteiger partial charge in [-0.1, -0.05) is 24.3 Å². The number of carbonyl (C=O) groups excluding carboxylic acids is 1. The first-order valence-electron chi connectivity index (χ1n) is 9.62. The molecule has 0 atom stereocenters. The van der Waals surface area contributed by atoms with Crippen LogP contribution < -0.4 is 4.72 Å². The quantitative estimate of drug-likeness (QED) is 0.642. The minimum Gasteiger partial charge on any atom is -0.340 e. The molecule has 0 unspecified atom stereocenters. The van der Waals surface area contributed by atoms with Gasteiger partial charge in [-0.05, 0) is 45.8 Å². The molecule has 3 rings (SSSR count).